The van der Waals surface area contributed by atoms with Crippen LogP contribution in [0.3, 0.4) is 0 Å². The van der Waals surface area contributed by atoms with Crippen LogP contribution in [0.2, 0.25) is 0 Å². The lowest BCUT2D eigenvalue weighted by atomic mass is 9.81. The minimum atomic E-state index is -3.87. The molecule has 0 aromatic heterocycles. The van der Waals surface area contributed by atoms with Crippen LogP contribution in [0.4, 0.5) is 10.1 Å². The molecule has 1 aliphatic rings. The Balaban J connectivity index is 0.00000312. The first-order valence-corrected chi connectivity index (χ1v) is 10.9. The molecule has 144 valence electrons. The summed E-state index contributed by atoms with van der Waals surface area (Å²) in [5, 5.41) is 3.22. The van der Waals surface area contributed by atoms with Gasteiger partial charge in [-0.25, -0.2) is 25.9 Å². The van der Waals surface area contributed by atoms with Gasteiger partial charge in [-0.05, 0) is 49.5 Å². The Bertz CT molecular complexity index is 809. The van der Waals surface area contributed by atoms with E-state index < -0.39 is 25.9 Å². The average molecular weight is 416 g/mol. The molecule has 1 heterocycles. The smallest absolute Gasteiger partial charge is 0.240 e. The second kappa shape index (κ2) is 8.17. The molecule has 0 unspecified atom stereocenters. The van der Waals surface area contributed by atoms with Crippen LogP contribution in [-0.2, 0) is 20.0 Å². The molecule has 0 bridgehead atoms. The summed E-state index contributed by atoms with van der Waals surface area (Å²) in [5.74, 6) is -0.948. The monoisotopic (exact) mass is 415 g/mol. The summed E-state index contributed by atoms with van der Waals surface area (Å²) in [7, 11) is -7.51. The molecule has 0 radical (unpaired) electrons. The van der Waals surface area contributed by atoms with E-state index in [0.717, 1.165) is 44.3 Å². The van der Waals surface area contributed by atoms with E-state index in [1.807, 2.05) is 11.6 Å². The van der Waals surface area contributed by atoms with Crippen molar-refractivity contribution < 1.29 is 21.2 Å². The van der Waals surface area contributed by atoms with Crippen LogP contribution < -0.4 is 14.8 Å². The van der Waals surface area contributed by atoms with E-state index in [4.69, 9.17) is 0 Å². The second-order valence-electron chi connectivity index (χ2n) is 6.40. The van der Waals surface area contributed by atoms with Gasteiger partial charge >= 0.3 is 0 Å². The third-order valence-corrected chi connectivity index (χ3v) is 6.04. The van der Waals surface area contributed by atoms with Crippen molar-refractivity contribution >= 4 is 38.1 Å². The number of halogens is 2. The Morgan fingerprint density at radius 3 is 2.32 bits per heavy atom. The molecule has 0 aliphatic carbocycles. The highest BCUT2D eigenvalue weighted by Crippen LogP contribution is 2.27. The van der Waals surface area contributed by atoms with E-state index in [-0.39, 0.29) is 34.9 Å². The fraction of sp³-hybridized carbons (Fsp3) is 0.571. The molecule has 1 fully saturated rings. The van der Waals surface area contributed by atoms with Gasteiger partial charge in [-0.1, -0.05) is 6.92 Å². The number of benzene rings is 1. The van der Waals surface area contributed by atoms with Crippen LogP contribution in [0.5, 0.6) is 0 Å². The molecule has 7 nitrogen and oxygen atoms in total. The minimum Gasteiger partial charge on any atom is -0.317 e. The maximum absolute atomic E-state index is 14.0. The van der Waals surface area contributed by atoms with Crippen molar-refractivity contribution in [3.8, 4) is 0 Å². The van der Waals surface area contributed by atoms with Crippen molar-refractivity contribution in [3.63, 3.8) is 0 Å². The highest BCUT2D eigenvalue weighted by molar-refractivity contribution is 7.92. The molecule has 1 saturated heterocycles. The molecule has 11 heteroatoms. The van der Waals surface area contributed by atoms with Crippen LogP contribution in [0, 0.1) is 11.2 Å². The van der Waals surface area contributed by atoms with Crippen LogP contribution in [0.25, 0.3) is 0 Å². The van der Waals surface area contributed by atoms with E-state index >= 15 is 0 Å². The van der Waals surface area contributed by atoms with Gasteiger partial charge in [0.15, 0.2) is 0 Å². The van der Waals surface area contributed by atoms with Crippen molar-refractivity contribution in [2.24, 2.45) is 5.41 Å². The maximum Gasteiger partial charge on any atom is 0.240 e. The molecule has 0 amide bonds. The molecule has 1 aromatic rings. The van der Waals surface area contributed by atoms with Crippen molar-refractivity contribution in [3.05, 3.63) is 24.0 Å². The Hall–Kier alpha value is -0.940. The van der Waals surface area contributed by atoms with Gasteiger partial charge in [-0.2, -0.15) is 0 Å². The molecule has 0 atom stereocenters. The Labute approximate surface area is 154 Å². The maximum atomic E-state index is 14.0. The van der Waals surface area contributed by atoms with E-state index in [1.54, 1.807) is 0 Å². The van der Waals surface area contributed by atoms with Gasteiger partial charge in [0.2, 0.25) is 20.0 Å². The van der Waals surface area contributed by atoms with Gasteiger partial charge in [0.1, 0.15) is 5.82 Å². The number of sulfonamides is 2. The first-order chi connectivity index (χ1) is 11.0. The predicted octanol–water partition coefficient (Wildman–Crippen LogP) is 1.29. The van der Waals surface area contributed by atoms with Gasteiger partial charge in [0.25, 0.3) is 0 Å². The normalized spacial score (nSPS) is 17.6. The van der Waals surface area contributed by atoms with Crippen molar-refractivity contribution in [2.75, 3.05) is 30.6 Å². The fourth-order valence-corrected chi connectivity index (χ4v) is 4.28. The first kappa shape index (κ1) is 22.1. The molecule has 25 heavy (non-hydrogen) atoms. The quantitative estimate of drug-likeness (QED) is 0.649. The summed E-state index contributed by atoms with van der Waals surface area (Å²) in [6.07, 6.45) is 2.58. The van der Waals surface area contributed by atoms with Gasteiger partial charge in [-0.15, -0.1) is 12.4 Å². The lowest BCUT2D eigenvalue weighted by Gasteiger charge is -2.34. The lowest BCUT2D eigenvalue weighted by Crippen LogP contribution is -2.42. The number of hydrogen-bond donors (Lipinski definition) is 3. The van der Waals surface area contributed by atoms with Crippen molar-refractivity contribution in [2.45, 2.75) is 24.7 Å². The zero-order valence-corrected chi connectivity index (χ0v) is 16.5. The average Bonchev–Trinajstić information content (AvgIpc) is 2.47. The summed E-state index contributed by atoms with van der Waals surface area (Å²) in [6.45, 7) is 3.94. The SMILES string of the molecule is CC1(CNS(=O)(=O)c2ccc(NS(C)(=O)=O)c(F)c2)CCNCC1.Cl. The minimum absolute atomic E-state index is 0. The van der Waals surface area contributed by atoms with Crippen LogP contribution in [0.15, 0.2) is 23.1 Å². The van der Waals surface area contributed by atoms with Gasteiger partial charge < -0.3 is 5.32 Å². The highest BCUT2D eigenvalue weighted by atomic mass is 35.5. The molecule has 3 N–H and O–H groups in total. The van der Waals surface area contributed by atoms with E-state index in [0.29, 0.717) is 0 Å². The number of piperidine rings is 1. The summed E-state index contributed by atoms with van der Waals surface area (Å²) < 4.78 is 65.4. The molecule has 0 spiro atoms. The Kier molecular flexibility index (Phi) is 7.22. The number of nitrogens with one attached hydrogen (secondary N) is 3. The third-order valence-electron chi connectivity index (χ3n) is 4.05. The second-order valence-corrected chi connectivity index (χ2v) is 9.92. The van der Waals surface area contributed by atoms with Crippen molar-refractivity contribution in [1.29, 1.82) is 0 Å². The zero-order chi connectivity index (χ0) is 18.0. The van der Waals surface area contributed by atoms with Crippen LogP contribution in [-0.4, -0.2) is 42.7 Å². The topological polar surface area (TPSA) is 104 Å². The number of anilines is 1. The Morgan fingerprint density at radius 2 is 1.80 bits per heavy atom. The molecule has 2 rings (SSSR count). The largest absolute Gasteiger partial charge is 0.317 e. The summed E-state index contributed by atoms with van der Waals surface area (Å²) in [5.41, 5.74) is -0.434. The summed E-state index contributed by atoms with van der Waals surface area (Å²) in [4.78, 5) is -0.239. The highest BCUT2D eigenvalue weighted by Gasteiger charge is 2.29. The molecule has 0 saturated carbocycles. The summed E-state index contributed by atoms with van der Waals surface area (Å²) in [6, 6.07) is 3.07. The van der Waals surface area contributed by atoms with E-state index in [9.17, 15) is 21.2 Å². The lowest BCUT2D eigenvalue weighted by molar-refractivity contribution is 0.232. The Morgan fingerprint density at radius 1 is 1.20 bits per heavy atom. The zero-order valence-electron chi connectivity index (χ0n) is 14.0. The number of hydrogen-bond acceptors (Lipinski definition) is 5. The predicted molar refractivity (Wildman–Crippen MR) is 97.5 cm³/mol. The van der Waals surface area contributed by atoms with Crippen LogP contribution in [0.1, 0.15) is 19.8 Å². The van der Waals surface area contributed by atoms with Crippen LogP contribution >= 0.6 is 12.4 Å². The molecular weight excluding hydrogens is 393 g/mol. The van der Waals surface area contributed by atoms with Gasteiger partial charge in [-0.3, -0.25) is 4.72 Å². The third kappa shape index (κ3) is 6.37. The number of rotatable bonds is 6. The first-order valence-electron chi connectivity index (χ1n) is 7.49. The standard InChI is InChI=1S/C14H22FN3O4S2.ClH/c1-14(5-7-16-8-6-14)10-17-24(21,22)11-3-4-13(12(15)9-11)18-23(2,19)20;/h3-4,9,16-18H,5-8,10H2,1-2H3;1H. The molecule has 1 aromatic carbocycles. The van der Waals surface area contributed by atoms with Crippen molar-refractivity contribution in [1.82, 2.24) is 10.0 Å². The molecule has 1 aliphatic heterocycles. The summed E-state index contributed by atoms with van der Waals surface area (Å²) >= 11 is 0. The van der Waals surface area contributed by atoms with Gasteiger partial charge in [0, 0.05) is 6.54 Å². The van der Waals surface area contributed by atoms with E-state index in [2.05, 4.69) is 10.0 Å². The van der Waals surface area contributed by atoms with E-state index in [1.165, 1.54) is 6.07 Å². The molecular formula is C14H23ClFN3O4S2. The fourth-order valence-electron chi connectivity index (χ4n) is 2.51. The van der Waals surface area contributed by atoms with Gasteiger partial charge in [0.05, 0.1) is 16.8 Å².